The van der Waals surface area contributed by atoms with Crippen LogP contribution in [0.2, 0.25) is 0 Å². The van der Waals surface area contributed by atoms with Crippen LogP contribution in [0.25, 0.3) is 0 Å². The third-order valence-electron chi connectivity index (χ3n) is 5.30. The second kappa shape index (κ2) is 7.60. The first-order valence-electron chi connectivity index (χ1n) is 9.07. The Hall–Kier alpha value is -1.82. The number of nitrogens with zero attached hydrogens (tertiary/aromatic N) is 3. The SMILES string of the molecule is c1ccc(COCCC2CCOC23CN(Cc2cccnc2)C3)nc1. The molecule has 132 valence electrons. The van der Waals surface area contributed by atoms with Crippen LogP contribution in [-0.4, -0.2) is 46.8 Å². The van der Waals surface area contributed by atoms with Crippen molar-refractivity contribution in [2.75, 3.05) is 26.3 Å². The molecule has 1 unspecified atom stereocenters. The van der Waals surface area contributed by atoms with Gasteiger partial charge in [-0.05, 0) is 42.5 Å². The lowest BCUT2D eigenvalue weighted by Crippen LogP contribution is -2.64. The van der Waals surface area contributed by atoms with Gasteiger partial charge in [0.25, 0.3) is 0 Å². The first kappa shape index (κ1) is 16.6. The van der Waals surface area contributed by atoms with Crippen LogP contribution in [0.15, 0.2) is 48.9 Å². The highest BCUT2D eigenvalue weighted by Crippen LogP contribution is 2.42. The molecule has 2 aliphatic rings. The molecule has 2 saturated heterocycles. The summed E-state index contributed by atoms with van der Waals surface area (Å²) in [7, 11) is 0. The van der Waals surface area contributed by atoms with Crippen LogP contribution in [-0.2, 0) is 22.6 Å². The number of likely N-dealkylation sites (tertiary alicyclic amines) is 1. The molecule has 0 radical (unpaired) electrons. The van der Waals surface area contributed by atoms with Crippen molar-refractivity contribution in [3.8, 4) is 0 Å². The van der Waals surface area contributed by atoms with Gasteiger partial charge in [-0.1, -0.05) is 12.1 Å². The Morgan fingerprint density at radius 3 is 2.96 bits per heavy atom. The molecule has 0 saturated carbocycles. The fourth-order valence-electron chi connectivity index (χ4n) is 4.00. The van der Waals surface area contributed by atoms with Gasteiger partial charge in [-0.25, -0.2) is 0 Å². The Kier molecular flexibility index (Phi) is 5.06. The fraction of sp³-hybridized carbons (Fsp3) is 0.500. The van der Waals surface area contributed by atoms with Gasteiger partial charge in [-0.2, -0.15) is 0 Å². The summed E-state index contributed by atoms with van der Waals surface area (Å²) in [6, 6.07) is 10.1. The minimum absolute atomic E-state index is 0.0521. The quantitative estimate of drug-likeness (QED) is 0.726. The zero-order valence-corrected chi connectivity index (χ0v) is 14.5. The van der Waals surface area contributed by atoms with Crippen LogP contribution in [0, 0.1) is 5.92 Å². The average Bonchev–Trinajstić information content (AvgIpc) is 3.04. The smallest absolute Gasteiger partial charge is 0.0964 e. The highest BCUT2D eigenvalue weighted by Gasteiger charge is 2.52. The van der Waals surface area contributed by atoms with Crippen molar-refractivity contribution in [2.24, 2.45) is 5.92 Å². The van der Waals surface area contributed by atoms with Crippen molar-refractivity contribution in [1.82, 2.24) is 14.9 Å². The summed E-state index contributed by atoms with van der Waals surface area (Å²) in [4.78, 5) is 10.9. The van der Waals surface area contributed by atoms with Crippen LogP contribution < -0.4 is 0 Å². The maximum absolute atomic E-state index is 6.15. The predicted molar refractivity (Wildman–Crippen MR) is 94.8 cm³/mol. The van der Waals surface area contributed by atoms with Crippen molar-refractivity contribution < 1.29 is 9.47 Å². The summed E-state index contributed by atoms with van der Waals surface area (Å²) < 4.78 is 12.0. The van der Waals surface area contributed by atoms with Crippen LogP contribution >= 0.6 is 0 Å². The third kappa shape index (κ3) is 3.89. The highest BCUT2D eigenvalue weighted by atomic mass is 16.5. The van der Waals surface area contributed by atoms with Crippen molar-refractivity contribution in [2.45, 2.75) is 31.6 Å². The zero-order chi connectivity index (χ0) is 17.0. The Bertz CT molecular complexity index is 659. The Balaban J connectivity index is 1.22. The van der Waals surface area contributed by atoms with Crippen molar-refractivity contribution in [1.29, 1.82) is 0 Å². The molecule has 2 aromatic heterocycles. The molecule has 0 bridgehead atoms. The molecule has 0 aromatic carbocycles. The molecule has 2 aliphatic heterocycles. The lowest BCUT2D eigenvalue weighted by molar-refractivity contribution is -0.139. The van der Waals surface area contributed by atoms with E-state index in [1.807, 2.05) is 42.9 Å². The maximum Gasteiger partial charge on any atom is 0.0964 e. The van der Waals surface area contributed by atoms with Gasteiger partial charge in [0.15, 0.2) is 0 Å². The number of aromatic nitrogens is 2. The van der Waals surface area contributed by atoms with E-state index in [2.05, 4.69) is 20.9 Å². The van der Waals surface area contributed by atoms with E-state index in [4.69, 9.17) is 9.47 Å². The maximum atomic E-state index is 6.15. The molecule has 2 aromatic rings. The summed E-state index contributed by atoms with van der Waals surface area (Å²) in [5.74, 6) is 0.599. The number of hydrogen-bond acceptors (Lipinski definition) is 5. The first-order chi connectivity index (χ1) is 12.3. The summed E-state index contributed by atoms with van der Waals surface area (Å²) in [5.41, 5.74) is 2.31. The van der Waals surface area contributed by atoms with Crippen LogP contribution in [0.5, 0.6) is 0 Å². The van der Waals surface area contributed by atoms with Crippen molar-refractivity contribution >= 4 is 0 Å². The lowest BCUT2D eigenvalue weighted by Gasteiger charge is -2.50. The number of rotatable bonds is 7. The van der Waals surface area contributed by atoms with E-state index in [9.17, 15) is 0 Å². The van der Waals surface area contributed by atoms with E-state index in [0.29, 0.717) is 12.5 Å². The molecular weight excluding hydrogens is 314 g/mol. The van der Waals surface area contributed by atoms with Gasteiger partial charge in [0, 0.05) is 51.4 Å². The first-order valence-corrected chi connectivity index (χ1v) is 9.07. The fourth-order valence-corrected chi connectivity index (χ4v) is 4.00. The molecule has 0 N–H and O–H groups in total. The molecule has 1 atom stereocenters. The molecule has 0 aliphatic carbocycles. The second-order valence-corrected chi connectivity index (χ2v) is 7.07. The van der Waals surface area contributed by atoms with E-state index in [1.165, 1.54) is 5.56 Å². The normalized spacial score (nSPS) is 22.2. The molecule has 4 rings (SSSR count). The minimum Gasteiger partial charge on any atom is -0.375 e. The van der Waals surface area contributed by atoms with Gasteiger partial charge in [0.2, 0.25) is 0 Å². The second-order valence-electron chi connectivity index (χ2n) is 7.07. The van der Waals surface area contributed by atoms with Gasteiger partial charge < -0.3 is 9.47 Å². The Labute approximate surface area is 149 Å². The lowest BCUT2D eigenvalue weighted by atomic mass is 9.79. The molecule has 0 amide bonds. The van der Waals surface area contributed by atoms with E-state index in [0.717, 1.165) is 51.4 Å². The zero-order valence-electron chi connectivity index (χ0n) is 14.5. The molecule has 1 spiro atoms. The van der Waals surface area contributed by atoms with Crippen molar-refractivity contribution in [3.05, 3.63) is 60.2 Å². The number of pyridine rings is 2. The Morgan fingerprint density at radius 2 is 2.16 bits per heavy atom. The average molecular weight is 339 g/mol. The van der Waals surface area contributed by atoms with E-state index in [1.54, 1.807) is 0 Å². The molecule has 4 heterocycles. The largest absolute Gasteiger partial charge is 0.375 e. The van der Waals surface area contributed by atoms with Crippen LogP contribution in [0.4, 0.5) is 0 Å². The van der Waals surface area contributed by atoms with Crippen molar-refractivity contribution in [3.63, 3.8) is 0 Å². The molecular formula is C20H25N3O2. The summed E-state index contributed by atoms with van der Waals surface area (Å²) in [5, 5.41) is 0. The van der Waals surface area contributed by atoms with Gasteiger partial charge in [0.05, 0.1) is 17.9 Å². The number of ether oxygens (including phenoxy) is 2. The highest BCUT2D eigenvalue weighted by molar-refractivity contribution is 5.12. The summed E-state index contributed by atoms with van der Waals surface area (Å²) in [6.45, 7) is 5.25. The number of hydrogen-bond donors (Lipinski definition) is 0. The van der Waals surface area contributed by atoms with Crippen LogP contribution in [0.1, 0.15) is 24.1 Å². The third-order valence-corrected chi connectivity index (χ3v) is 5.30. The summed E-state index contributed by atoms with van der Waals surface area (Å²) >= 11 is 0. The van der Waals surface area contributed by atoms with Gasteiger partial charge in [0.1, 0.15) is 0 Å². The Morgan fingerprint density at radius 1 is 1.20 bits per heavy atom. The van der Waals surface area contributed by atoms with Gasteiger partial charge >= 0.3 is 0 Å². The minimum atomic E-state index is 0.0521. The predicted octanol–water partition coefficient (Wildman–Crippen LogP) is 2.67. The molecule has 5 nitrogen and oxygen atoms in total. The molecule has 2 fully saturated rings. The monoisotopic (exact) mass is 339 g/mol. The standard InChI is InChI=1S/C20H25N3O2/c1-2-9-22-19(5-1)14-24-10-6-18-7-11-25-20(18)15-23(16-20)13-17-4-3-8-21-12-17/h1-5,8-9,12,18H,6-7,10-11,13-16H2. The van der Waals surface area contributed by atoms with Crippen LogP contribution in [0.3, 0.4) is 0 Å². The van der Waals surface area contributed by atoms with E-state index < -0.39 is 0 Å². The summed E-state index contributed by atoms with van der Waals surface area (Å²) in [6.07, 6.45) is 7.79. The molecule has 5 heteroatoms. The topological polar surface area (TPSA) is 47.5 Å². The van der Waals surface area contributed by atoms with Gasteiger partial charge in [-0.3, -0.25) is 14.9 Å². The van der Waals surface area contributed by atoms with Gasteiger partial charge in [-0.15, -0.1) is 0 Å². The molecule has 25 heavy (non-hydrogen) atoms. The van der Waals surface area contributed by atoms with E-state index >= 15 is 0 Å². The van der Waals surface area contributed by atoms with E-state index in [-0.39, 0.29) is 5.60 Å².